The lowest BCUT2D eigenvalue weighted by Gasteiger charge is -2.06. The van der Waals surface area contributed by atoms with Gasteiger partial charge in [0.25, 0.3) is 5.69 Å². The average molecular weight is 336 g/mol. The Hall–Kier alpha value is -3.41. The number of esters is 1. The van der Waals surface area contributed by atoms with E-state index >= 15 is 0 Å². The highest BCUT2D eigenvalue weighted by molar-refractivity contribution is 5.99. The molecule has 3 rings (SSSR count). The van der Waals surface area contributed by atoms with Crippen LogP contribution in [0, 0.1) is 17.0 Å². The second kappa shape index (κ2) is 6.60. The van der Waals surface area contributed by atoms with Crippen LogP contribution in [0.3, 0.4) is 0 Å². The van der Waals surface area contributed by atoms with Gasteiger partial charge in [-0.1, -0.05) is 30.3 Å². The first-order valence-electron chi connectivity index (χ1n) is 7.63. The quantitative estimate of drug-likeness (QED) is 0.407. The summed E-state index contributed by atoms with van der Waals surface area (Å²) in [6.45, 7) is 1.82. The molecule has 6 nitrogen and oxygen atoms in total. The van der Waals surface area contributed by atoms with Gasteiger partial charge in [-0.25, -0.2) is 4.79 Å². The molecule has 25 heavy (non-hydrogen) atoms. The molecule has 0 aliphatic heterocycles. The number of carbonyl (C=O) groups excluding carboxylic acids is 1. The molecule has 0 spiro atoms. The lowest BCUT2D eigenvalue weighted by molar-refractivity contribution is -0.384. The lowest BCUT2D eigenvalue weighted by atomic mass is 10.0. The van der Waals surface area contributed by atoms with E-state index in [0.29, 0.717) is 11.3 Å². The molecule has 0 unspecified atom stereocenters. The summed E-state index contributed by atoms with van der Waals surface area (Å²) in [7, 11) is 1.35. The molecule has 1 aromatic heterocycles. The van der Waals surface area contributed by atoms with Crippen molar-refractivity contribution in [3.05, 3.63) is 82.2 Å². The van der Waals surface area contributed by atoms with Crippen molar-refractivity contribution in [2.75, 3.05) is 7.11 Å². The minimum Gasteiger partial charge on any atom is -0.465 e. The van der Waals surface area contributed by atoms with E-state index in [0.717, 1.165) is 16.8 Å². The highest BCUT2D eigenvalue weighted by Gasteiger charge is 2.22. The summed E-state index contributed by atoms with van der Waals surface area (Å²) in [5, 5.41) is 10.8. The van der Waals surface area contributed by atoms with Gasteiger partial charge in [0.15, 0.2) is 0 Å². The number of carbonyl (C=O) groups is 1. The fraction of sp³-hybridized carbons (Fsp3) is 0.105. The molecular weight excluding hydrogens is 320 g/mol. The Bertz CT molecular complexity index is 928. The first kappa shape index (κ1) is 16.4. The summed E-state index contributed by atoms with van der Waals surface area (Å²) < 4.78 is 6.77. The minimum absolute atomic E-state index is 0.0185. The lowest BCUT2D eigenvalue weighted by Crippen LogP contribution is -2.05. The summed E-state index contributed by atoms with van der Waals surface area (Å²) in [6.07, 6.45) is 1.85. The van der Waals surface area contributed by atoms with Crippen LogP contribution in [-0.2, 0) is 4.74 Å². The zero-order chi connectivity index (χ0) is 18.0. The van der Waals surface area contributed by atoms with Crippen LogP contribution in [0.15, 0.2) is 60.8 Å². The number of benzene rings is 2. The van der Waals surface area contributed by atoms with Gasteiger partial charge in [-0.05, 0) is 24.6 Å². The van der Waals surface area contributed by atoms with Crippen molar-refractivity contribution in [3.63, 3.8) is 0 Å². The number of nitro benzene ring substituents is 1. The maximum atomic E-state index is 12.3. The molecule has 3 aromatic rings. The zero-order valence-corrected chi connectivity index (χ0v) is 13.8. The van der Waals surface area contributed by atoms with Gasteiger partial charge < -0.3 is 9.30 Å². The number of nitrogens with zero attached hydrogens (tertiary/aromatic N) is 2. The smallest absolute Gasteiger partial charge is 0.340 e. The highest BCUT2D eigenvalue weighted by atomic mass is 16.6. The molecule has 0 aliphatic carbocycles. The first-order valence-corrected chi connectivity index (χ1v) is 7.63. The van der Waals surface area contributed by atoms with Crippen molar-refractivity contribution >= 4 is 11.7 Å². The summed E-state index contributed by atoms with van der Waals surface area (Å²) in [5.74, 6) is -0.419. The molecule has 6 heteroatoms. The predicted octanol–water partition coefficient (Wildman–Crippen LogP) is 4.15. The van der Waals surface area contributed by atoms with E-state index in [4.69, 9.17) is 4.74 Å². The van der Waals surface area contributed by atoms with Crippen molar-refractivity contribution in [2.24, 2.45) is 0 Å². The van der Waals surface area contributed by atoms with Crippen LogP contribution in [0.1, 0.15) is 16.1 Å². The third kappa shape index (κ3) is 3.01. The molecular formula is C19H16N2O4. The van der Waals surface area contributed by atoms with Gasteiger partial charge in [-0.15, -0.1) is 0 Å². The normalized spacial score (nSPS) is 10.5. The van der Waals surface area contributed by atoms with Crippen LogP contribution >= 0.6 is 0 Å². The largest absolute Gasteiger partial charge is 0.465 e. The number of ether oxygens (including phenoxy) is 1. The average Bonchev–Trinajstić information content (AvgIpc) is 2.99. The molecule has 0 atom stereocenters. The summed E-state index contributed by atoms with van der Waals surface area (Å²) in [4.78, 5) is 22.7. The van der Waals surface area contributed by atoms with Gasteiger partial charge in [-0.3, -0.25) is 10.1 Å². The number of methoxy groups -OCH3 is 1. The molecule has 0 fully saturated rings. The van der Waals surface area contributed by atoms with Gasteiger partial charge >= 0.3 is 5.97 Å². The molecule has 0 saturated heterocycles. The Balaban J connectivity index is 2.17. The summed E-state index contributed by atoms with van der Waals surface area (Å²) in [6, 6.07) is 15.7. The molecule has 0 radical (unpaired) electrons. The third-order valence-electron chi connectivity index (χ3n) is 4.06. The van der Waals surface area contributed by atoms with Crippen LogP contribution in [0.25, 0.3) is 16.8 Å². The van der Waals surface area contributed by atoms with E-state index in [2.05, 4.69) is 0 Å². The minimum atomic E-state index is -0.443. The maximum Gasteiger partial charge on any atom is 0.340 e. The van der Waals surface area contributed by atoms with Crippen molar-refractivity contribution in [1.29, 1.82) is 0 Å². The van der Waals surface area contributed by atoms with Crippen LogP contribution in [0.2, 0.25) is 0 Å². The van der Waals surface area contributed by atoms with Crippen molar-refractivity contribution in [2.45, 2.75) is 6.92 Å². The standard InChI is InChI=1S/C19H16N2O4/c1-13-18(19(22)25-2)17(14-6-4-3-5-7-14)12-20(13)15-8-10-16(11-9-15)21(23)24/h3-12H,1-2H3. The van der Waals surface area contributed by atoms with E-state index < -0.39 is 10.9 Å². The molecule has 126 valence electrons. The number of hydrogen-bond donors (Lipinski definition) is 0. The molecule has 0 N–H and O–H groups in total. The topological polar surface area (TPSA) is 74.4 Å². The third-order valence-corrected chi connectivity index (χ3v) is 4.06. The molecule has 1 heterocycles. The summed E-state index contributed by atoms with van der Waals surface area (Å²) >= 11 is 0. The first-order chi connectivity index (χ1) is 12.0. The SMILES string of the molecule is COC(=O)c1c(-c2ccccc2)cn(-c2ccc([N+](=O)[O-])cc2)c1C. The van der Waals surface area contributed by atoms with E-state index in [1.807, 2.05) is 48.0 Å². The van der Waals surface area contributed by atoms with E-state index in [1.54, 1.807) is 12.1 Å². The van der Waals surface area contributed by atoms with E-state index in [9.17, 15) is 14.9 Å². The Kier molecular flexibility index (Phi) is 4.35. The molecule has 0 bridgehead atoms. The van der Waals surface area contributed by atoms with Gasteiger partial charge in [-0.2, -0.15) is 0 Å². The van der Waals surface area contributed by atoms with E-state index in [-0.39, 0.29) is 5.69 Å². The Morgan fingerprint density at radius 3 is 2.28 bits per heavy atom. The van der Waals surface area contributed by atoms with Crippen LogP contribution < -0.4 is 0 Å². The monoisotopic (exact) mass is 336 g/mol. The van der Waals surface area contributed by atoms with Crippen molar-refractivity contribution in [3.8, 4) is 16.8 Å². The highest BCUT2D eigenvalue weighted by Crippen LogP contribution is 2.31. The summed E-state index contributed by atoms with van der Waals surface area (Å²) in [5.41, 5.74) is 3.59. The van der Waals surface area contributed by atoms with Crippen molar-refractivity contribution < 1.29 is 14.5 Å². The fourth-order valence-electron chi connectivity index (χ4n) is 2.81. The number of non-ortho nitro benzene ring substituents is 1. The Labute approximate surface area is 144 Å². The molecule has 0 amide bonds. The number of nitro groups is 1. The Morgan fingerprint density at radius 2 is 1.72 bits per heavy atom. The molecule has 0 aliphatic rings. The van der Waals surface area contributed by atoms with Gasteiger partial charge in [0.2, 0.25) is 0 Å². The second-order valence-corrected chi connectivity index (χ2v) is 5.50. The number of aromatic nitrogens is 1. The maximum absolute atomic E-state index is 12.3. The van der Waals surface area contributed by atoms with Crippen LogP contribution in [0.5, 0.6) is 0 Å². The van der Waals surface area contributed by atoms with E-state index in [1.165, 1.54) is 19.2 Å². The second-order valence-electron chi connectivity index (χ2n) is 5.50. The predicted molar refractivity (Wildman–Crippen MR) is 93.9 cm³/mol. The molecule has 0 saturated carbocycles. The molecule has 2 aromatic carbocycles. The van der Waals surface area contributed by atoms with Gasteiger partial charge in [0.1, 0.15) is 0 Å². The zero-order valence-electron chi connectivity index (χ0n) is 13.8. The van der Waals surface area contributed by atoms with Crippen LogP contribution in [0.4, 0.5) is 5.69 Å². The van der Waals surface area contributed by atoms with Crippen molar-refractivity contribution in [1.82, 2.24) is 4.57 Å². The van der Waals surface area contributed by atoms with Crippen LogP contribution in [-0.4, -0.2) is 22.6 Å². The van der Waals surface area contributed by atoms with Gasteiger partial charge in [0, 0.05) is 35.3 Å². The van der Waals surface area contributed by atoms with Gasteiger partial charge in [0.05, 0.1) is 17.6 Å². The number of hydrogen-bond acceptors (Lipinski definition) is 4. The Morgan fingerprint density at radius 1 is 1.08 bits per heavy atom. The number of rotatable bonds is 4. The fourth-order valence-corrected chi connectivity index (χ4v) is 2.81.